The van der Waals surface area contributed by atoms with Gasteiger partial charge in [0.05, 0.1) is 25.0 Å². The number of esters is 1. The average Bonchev–Trinajstić information content (AvgIpc) is 2.84. The molecule has 5 nitrogen and oxygen atoms in total. The first-order valence-corrected chi connectivity index (χ1v) is 6.04. The van der Waals surface area contributed by atoms with E-state index in [-0.39, 0.29) is 18.7 Å². The summed E-state index contributed by atoms with van der Waals surface area (Å²) in [4.78, 5) is 15.7. The molecule has 0 bridgehead atoms. The first kappa shape index (κ1) is 14.1. The van der Waals surface area contributed by atoms with E-state index in [0.29, 0.717) is 5.69 Å². The van der Waals surface area contributed by atoms with Crippen molar-refractivity contribution < 1.29 is 18.3 Å². The third-order valence-electron chi connectivity index (χ3n) is 2.62. The van der Waals surface area contributed by atoms with E-state index >= 15 is 0 Å². The van der Waals surface area contributed by atoms with Gasteiger partial charge < -0.3 is 4.74 Å². The number of alkyl halides is 2. The van der Waals surface area contributed by atoms with E-state index in [4.69, 9.17) is 4.74 Å². The second-order valence-electron chi connectivity index (χ2n) is 3.94. The standard InChI is InChI=1S/C13H13F2N3O2/c1-2-20-13(19)10-7-17-18(11(10)12(14)15)8-9-5-3-4-6-16-9/h3-7,12H,2,8H2,1H3. The second kappa shape index (κ2) is 6.23. The molecular weight excluding hydrogens is 268 g/mol. The van der Waals surface area contributed by atoms with Crippen LogP contribution < -0.4 is 0 Å². The number of ether oxygens (including phenoxy) is 1. The molecule has 106 valence electrons. The Morgan fingerprint density at radius 2 is 2.25 bits per heavy atom. The Kier molecular flexibility index (Phi) is 4.39. The summed E-state index contributed by atoms with van der Waals surface area (Å²) in [5.41, 5.74) is -0.0835. The smallest absolute Gasteiger partial charge is 0.341 e. The van der Waals surface area contributed by atoms with Crippen molar-refractivity contribution in [2.45, 2.75) is 19.9 Å². The highest BCUT2D eigenvalue weighted by molar-refractivity contribution is 5.90. The van der Waals surface area contributed by atoms with Crippen molar-refractivity contribution in [2.24, 2.45) is 0 Å². The van der Waals surface area contributed by atoms with Crippen molar-refractivity contribution in [1.29, 1.82) is 0 Å². The summed E-state index contributed by atoms with van der Waals surface area (Å²) in [5, 5.41) is 3.83. The van der Waals surface area contributed by atoms with Crippen molar-refractivity contribution in [1.82, 2.24) is 14.8 Å². The third-order valence-corrected chi connectivity index (χ3v) is 2.62. The summed E-state index contributed by atoms with van der Waals surface area (Å²) in [7, 11) is 0. The Labute approximate surface area is 114 Å². The number of hydrogen-bond donors (Lipinski definition) is 0. The average molecular weight is 281 g/mol. The molecule has 0 aliphatic heterocycles. The maximum absolute atomic E-state index is 13.1. The van der Waals surface area contributed by atoms with Gasteiger partial charge in [0.1, 0.15) is 11.3 Å². The maximum atomic E-state index is 13.1. The molecule has 0 spiro atoms. The van der Waals surface area contributed by atoms with Crippen LogP contribution in [0, 0.1) is 0 Å². The van der Waals surface area contributed by atoms with Crippen LogP contribution in [0.5, 0.6) is 0 Å². The zero-order chi connectivity index (χ0) is 14.5. The van der Waals surface area contributed by atoms with Crippen LogP contribution in [0.2, 0.25) is 0 Å². The topological polar surface area (TPSA) is 57.0 Å². The van der Waals surface area contributed by atoms with Gasteiger partial charge in [-0.05, 0) is 19.1 Å². The summed E-state index contributed by atoms with van der Waals surface area (Å²) < 4.78 is 32.1. The Bertz CT molecular complexity index is 585. The molecule has 0 aromatic carbocycles. The number of pyridine rings is 1. The number of hydrogen-bond acceptors (Lipinski definition) is 4. The van der Waals surface area contributed by atoms with Crippen LogP contribution in [-0.4, -0.2) is 27.3 Å². The molecule has 2 aromatic heterocycles. The quantitative estimate of drug-likeness (QED) is 0.790. The molecule has 0 atom stereocenters. The lowest BCUT2D eigenvalue weighted by Gasteiger charge is -2.08. The predicted molar refractivity (Wildman–Crippen MR) is 66.5 cm³/mol. The third kappa shape index (κ3) is 2.98. The number of carbonyl (C=O) groups excluding carboxylic acids is 1. The minimum Gasteiger partial charge on any atom is -0.462 e. The van der Waals surface area contributed by atoms with Crippen LogP contribution in [0.1, 0.15) is 35.1 Å². The van der Waals surface area contributed by atoms with E-state index in [1.54, 1.807) is 31.3 Å². The monoisotopic (exact) mass is 281 g/mol. The number of rotatable bonds is 5. The molecule has 7 heteroatoms. The zero-order valence-corrected chi connectivity index (χ0v) is 10.8. The predicted octanol–water partition coefficient (Wildman–Crippen LogP) is 2.44. The second-order valence-corrected chi connectivity index (χ2v) is 3.94. The molecule has 0 unspecified atom stereocenters. The van der Waals surface area contributed by atoms with Crippen molar-refractivity contribution in [3.8, 4) is 0 Å². The van der Waals surface area contributed by atoms with Gasteiger partial charge in [-0.1, -0.05) is 6.07 Å². The summed E-state index contributed by atoms with van der Waals surface area (Å²) in [5.74, 6) is -0.796. The van der Waals surface area contributed by atoms with Crippen LogP contribution >= 0.6 is 0 Å². The minimum atomic E-state index is -2.82. The summed E-state index contributed by atoms with van der Waals surface area (Å²) in [6.45, 7) is 1.80. The Balaban J connectivity index is 2.32. The van der Waals surface area contributed by atoms with E-state index in [0.717, 1.165) is 10.9 Å². The minimum absolute atomic E-state index is 0.0694. The number of carbonyl (C=O) groups is 1. The molecule has 2 aromatic rings. The fraction of sp³-hybridized carbons (Fsp3) is 0.308. The molecular formula is C13H13F2N3O2. The lowest BCUT2D eigenvalue weighted by atomic mass is 10.2. The highest BCUT2D eigenvalue weighted by atomic mass is 19.3. The van der Waals surface area contributed by atoms with Crippen LogP contribution in [0.3, 0.4) is 0 Å². The van der Waals surface area contributed by atoms with Crippen LogP contribution in [0.25, 0.3) is 0 Å². The van der Waals surface area contributed by atoms with Crippen molar-refractivity contribution in [3.05, 3.63) is 47.5 Å². The van der Waals surface area contributed by atoms with Crippen molar-refractivity contribution in [2.75, 3.05) is 6.61 Å². The molecule has 0 radical (unpaired) electrons. The molecule has 0 aliphatic carbocycles. The van der Waals surface area contributed by atoms with Crippen LogP contribution in [-0.2, 0) is 11.3 Å². The SMILES string of the molecule is CCOC(=O)c1cnn(Cc2ccccn2)c1C(F)F. The number of halogens is 2. The lowest BCUT2D eigenvalue weighted by molar-refractivity contribution is 0.0513. The normalized spacial score (nSPS) is 10.8. The molecule has 0 fully saturated rings. The van der Waals surface area contributed by atoms with Gasteiger partial charge >= 0.3 is 5.97 Å². The summed E-state index contributed by atoms with van der Waals surface area (Å²) >= 11 is 0. The van der Waals surface area contributed by atoms with Gasteiger partial charge in [-0.15, -0.1) is 0 Å². The van der Waals surface area contributed by atoms with E-state index < -0.39 is 18.1 Å². The molecule has 0 amide bonds. The zero-order valence-electron chi connectivity index (χ0n) is 10.8. The van der Waals surface area contributed by atoms with Crippen molar-refractivity contribution >= 4 is 5.97 Å². The lowest BCUT2D eigenvalue weighted by Crippen LogP contribution is -2.12. The van der Waals surface area contributed by atoms with E-state index in [1.165, 1.54) is 0 Å². The summed E-state index contributed by atoms with van der Waals surface area (Å²) in [6.07, 6.45) is -0.157. The molecule has 0 saturated heterocycles. The number of aromatic nitrogens is 3. The highest BCUT2D eigenvalue weighted by Crippen LogP contribution is 2.24. The van der Waals surface area contributed by atoms with E-state index in [2.05, 4.69) is 10.1 Å². The van der Waals surface area contributed by atoms with Gasteiger partial charge in [0.15, 0.2) is 0 Å². The first-order valence-electron chi connectivity index (χ1n) is 6.04. The van der Waals surface area contributed by atoms with Gasteiger partial charge in [0, 0.05) is 6.20 Å². The highest BCUT2D eigenvalue weighted by Gasteiger charge is 2.25. The van der Waals surface area contributed by atoms with Gasteiger partial charge in [-0.25, -0.2) is 13.6 Å². The summed E-state index contributed by atoms with van der Waals surface area (Å²) in [6, 6.07) is 5.17. The molecule has 2 rings (SSSR count). The fourth-order valence-corrected chi connectivity index (χ4v) is 1.76. The molecule has 20 heavy (non-hydrogen) atoms. The van der Waals surface area contributed by atoms with Gasteiger partial charge in [0.25, 0.3) is 6.43 Å². The molecule has 0 N–H and O–H groups in total. The Morgan fingerprint density at radius 3 is 2.85 bits per heavy atom. The molecule has 2 heterocycles. The van der Waals surface area contributed by atoms with Gasteiger partial charge in [-0.2, -0.15) is 5.10 Å². The Morgan fingerprint density at radius 1 is 1.45 bits per heavy atom. The molecule has 0 saturated carbocycles. The molecule has 0 aliphatic rings. The van der Waals surface area contributed by atoms with E-state index in [1.807, 2.05) is 0 Å². The number of nitrogens with zero attached hydrogens (tertiary/aromatic N) is 3. The fourth-order valence-electron chi connectivity index (χ4n) is 1.76. The van der Waals surface area contributed by atoms with Gasteiger partial charge in [0.2, 0.25) is 0 Å². The van der Waals surface area contributed by atoms with Gasteiger partial charge in [-0.3, -0.25) is 9.67 Å². The Hall–Kier alpha value is -2.31. The van der Waals surface area contributed by atoms with Crippen molar-refractivity contribution in [3.63, 3.8) is 0 Å². The van der Waals surface area contributed by atoms with Crippen LogP contribution in [0.4, 0.5) is 8.78 Å². The maximum Gasteiger partial charge on any atom is 0.341 e. The van der Waals surface area contributed by atoms with E-state index in [9.17, 15) is 13.6 Å². The van der Waals surface area contributed by atoms with Crippen LogP contribution in [0.15, 0.2) is 30.6 Å². The first-order chi connectivity index (χ1) is 9.63. The largest absolute Gasteiger partial charge is 0.462 e.